The summed E-state index contributed by atoms with van der Waals surface area (Å²) in [6.07, 6.45) is 0.985. The molecule has 0 bridgehead atoms. The Hall–Kier alpha value is -0.540. The van der Waals surface area contributed by atoms with Crippen molar-refractivity contribution in [2.24, 2.45) is 0 Å². The minimum absolute atomic E-state index is 0.0581. The number of rotatable bonds is 5. The third-order valence-electron chi connectivity index (χ3n) is 2.77. The molecule has 1 aromatic rings. The summed E-state index contributed by atoms with van der Waals surface area (Å²) in [6.45, 7) is 7.21. The molecule has 2 nitrogen and oxygen atoms in total. The number of benzene rings is 1. The first-order valence-corrected chi connectivity index (χ1v) is 6.29. The van der Waals surface area contributed by atoms with Crippen LogP contribution in [0.15, 0.2) is 22.7 Å². The van der Waals surface area contributed by atoms with Gasteiger partial charge >= 0.3 is 0 Å². The van der Waals surface area contributed by atoms with Gasteiger partial charge in [-0.2, -0.15) is 0 Å². The van der Waals surface area contributed by atoms with E-state index in [2.05, 4.69) is 60.2 Å². The Balaban J connectivity index is 2.46. The summed E-state index contributed by atoms with van der Waals surface area (Å²) in [5.74, 6) is 0. The average molecular weight is 286 g/mol. The number of hydrogen-bond donors (Lipinski definition) is 1. The molecule has 0 atom stereocenters. The third kappa shape index (κ3) is 4.14. The van der Waals surface area contributed by atoms with Gasteiger partial charge in [-0.3, -0.25) is 0 Å². The molecule has 0 aliphatic rings. The molecule has 0 fully saturated rings. The lowest BCUT2D eigenvalue weighted by molar-refractivity contribution is 0.0185. The van der Waals surface area contributed by atoms with Crippen molar-refractivity contribution >= 4 is 21.6 Å². The summed E-state index contributed by atoms with van der Waals surface area (Å²) in [5.41, 5.74) is 2.35. The van der Waals surface area contributed by atoms with E-state index in [0.717, 1.165) is 23.1 Å². The summed E-state index contributed by atoms with van der Waals surface area (Å²) in [4.78, 5) is 0. The first-order chi connectivity index (χ1) is 7.44. The monoisotopic (exact) mass is 285 g/mol. The Labute approximate surface area is 107 Å². The van der Waals surface area contributed by atoms with E-state index >= 15 is 0 Å². The van der Waals surface area contributed by atoms with Crippen molar-refractivity contribution in [2.75, 3.05) is 19.0 Å². The molecule has 0 heterocycles. The number of nitrogens with one attached hydrogen (secondary N) is 1. The smallest absolute Gasteiger partial charge is 0.0639 e. The number of aryl methyl sites for hydroxylation is 1. The van der Waals surface area contributed by atoms with Gasteiger partial charge in [0.25, 0.3) is 0 Å². The van der Waals surface area contributed by atoms with Crippen molar-refractivity contribution in [3.63, 3.8) is 0 Å². The molecule has 1 aromatic carbocycles. The van der Waals surface area contributed by atoms with Crippen molar-refractivity contribution in [1.82, 2.24) is 0 Å². The van der Waals surface area contributed by atoms with Crippen LogP contribution in [0.4, 0.5) is 5.69 Å². The van der Waals surface area contributed by atoms with E-state index in [1.807, 2.05) is 0 Å². The van der Waals surface area contributed by atoms with E-state index in [4.69, 9.17) is 4.74 Å². The van der Waals surface area contributed by atoms with Crippen LogP contribution in [0.2, 0.25) is 0 Å². The Morgan fingerprint density at radius 3 is 2.62 bits per heavy atom. The molecule has 0 aliphatic carbocycles. The molecule has 0 unspecified atom stereocenters. The summed E-state index contributed by atoms with van der Waals surface area (Å²) in [7, 11) is 1.75. The maximum atomic E-state index is 5.37. The highest BCUT2D eigenvalue weighted by molar-refractivity contribution is 9.10. The second-order valence-electron chi connectivity index (χ2n) is 4.60. The number of ether oxygens (including phenoxy) is 1. The van der Waals surface area contributed by atoms with Crippen LogP contribution in [0.25, 0.3) is 0 Å². The van der Waals surface area contributed by atoms with Crippen molar-refractivity contribution < 1.29 is 4.74 Å². The van der Waals surface area contributed by atoms with Crippen molar-refractivity contribution in [2.45, 2.75) is 32.8 Å². The fourth-order valence-electron chi connectivity index (χ4n) is 1.36. The Bertz CT molecular complexity index is 350. The van der Waals surface area contributed by atoms with Gasteiger partial charge in [0.15, 0.2) is 0 Å². The maximum absolute atomic E-state index is 5.37. The van der Waals surface area contributed by atoms with Crippen LogP contribution in [0.3, 0.4) is 0 Å². The van der Waals surface area contributed by atoms with Gasteiger partial charge < -0.3 is 10.1 Å². The predicted octanol–water partition coefficient (Wildman–Crippen LogP) is 3.98. The molecule has 0 saturated carbocycles. The average Bonchev–Trinajstić information content (AvgIpc) is 2.23. The number of methoxy groups -OCH3 is 1. The molecule has 0 radical (unpaired) electrons. The largest absolute Gasteiger partial charge is 0.385 e. The van der Waals surface area contributed by atoms with Crippen LogP contribution in [0.1, 0.15) is 25.8 Å². The van der Waals surface area contributed by atoms with Gasteiger partial charge in [0.1, 0.15) is 0 Å². The second-order valence-corrected chi connectivity index (χ2v) is 5.46. The van der Waals surface area contributed by atoms with Crippen LogP contribution in [-0.4, -0.2) is 19.3 Å². The third-order valence-corrected chi connectivity index (χ3v) is 3.66. The van der Waals surface area contributed by atoms with Crippen molar-refractivity contribution in [3.8, 4) is 0 Å². The van der Waals surface area contributed by atoms with E-state index < -0.39 is 0 Å². The molecule has 0 saturated heterocycles. The minimum atomic E-state index is -0.0581. The van der Waals surface area contributed by atoms with Crippen molar-refractivity contribution in [1.29, 1.82) is 0 Å². The topological polar surface area (TPSA) is 21.3 Å². The minimum Gasteiger partial charge on any atom is -0.385 e. The Kier molecular flexibility index (Phi) is 4.81. The summed E-state index contributed by atoms with van der Waals surface area (Å²) in [5, 5.41) is 3.40. The zero-order valence-electron chi connectivity index (χ0n) is 10.4. The highest BCUT2D eigenvalue weighted by atomic mass is 79.9. The zero-order valence-corrected chi connectivity index (χ0v) is 12.0. The lowest BCUT2D eigenvalue weighted by atomic mass is 10.1. The van der Waals surface area contributed by atoms with Gasteiger partial charge in [0.05, 0.1) is 5.60 Å². The maximum Gasteiger partial charge on any atom is 0.0639 e. The van der Waals surface area contributed by atoms with E-state index in [1.165, 1.54) is 5.56 Å². The van der Waals surface area contributed by atoms with Gasteiger partial charge in [0.2, 0.25) is 0 Å². The van der Waals surface area contributed by atoms with Crippen LogP contribution < -0.4 is 5.32 Å². The lowest BCUT2D eigenvalue weighted by Gasteiger charge is -2.23. The quantitative estimate of drug-likeness (QED) is 0.883. The van der Waals surface area contributed by atoms with Crippen LogP contribution >= 0.6 is 15.9 Å². The van der Waals surface area contributed by atoms with E-state index in [0.29, 0.717) is 0 Å². The second kappa shape index (κ2) is 5.69. The highest BCUT2D eigenvalue weighted by Gasteiger charge is 2.15. The summed E-state index contributed by atoms with van der Waals surface area (Å²) >= 11 is 3.49. The fraction of sp³-hybridized carbons (Fsp3) is 0.538. The van der Waals surface area contributed by atoms with Crippen LogP contribution in [0.5, 0.6) is 0 Å². The van der Waals surface area contributed by atoms with Gasteiger partial charge in [-0.15, -0.1) is 0 Å². The van der Waals surface area contributed by atoms with Gasteiger partial charge in [-0.25, -0.2) is 0 Å². The number of hydrogen-bond acceptors (Lipinski definition) is 2. The van der Waals surface area contributed by atoms with Gasteiger partial charge in [-0.05, 0) is 51.0 Å². The normalized spacial score (nSPS) is 11.6. The Morgan fingerprint density at radius 2 is 2.06 bits per heavy atom. The lowest BCUT2D eigenvalue weighted by Crippen LogP contribution is -2.25. The molecular formula is C13H20BrNO. The summed E-state index contributed by atoms with van der Waals surface area (Å²) < 4.78 is 6.52. The molecule has 90 valence electrons. The van der Waals surface area contributed by atoms with Crippen molar-refractivity contribution in [3.05, 3.63) is 28.2 Å². The molecule has 0 aromatic heterocycles. The molecule has 1 N–H and O–H groups in total. The number of halogens is 1. The zero-order chi connectivity index (χ0) is 12.2. The molecule has 3 heteroatoms. The molecular weight excluding hydrogens is 266 g/mol. The SMILES string of the molecule is COC(C)(C)CCNc1ccc(Br)c(C)c1. The molecule has 0 spiro atoms. The number of anilines is 1. The summed E-state index contributed by atoms with van der Waals surface area (Å²) in [6, 6.07) is 6.29. The van der Waals surface area contributed by atoms with Crippen LogP contribution in [-0.2, 0) is 4.74 Å². The standard InChI is InChI=1S/C13H20BrNO/c1-10-9-11(5-6-12(10)14)15-8-7-13(2,3)16-4/h5-6,9,15H,7-8H2,1-4H3. The molecule has 0 amide bonds. The first-order valence-electron chi connectivity index (χ1n) is 5.50. The Morgan fingerprint density at radius 1 is 1.38 bits per heavy atom. The van der Waals surface area contributed by atoms with E-state index in [1.54, 1.807) is 7.11 Å². The first kappa shape index (κ1) is 13.5. The van der Waals surface area contributed by atoms with Gasteiger partial charge in [-0.1, -0.05) is 15.9 Å². The predicted molar refractivity (Wildman–Crippen MR) is 73.1 cm³/mol. The fourth-order valence-corrected chi connectivity index (χ4v) is 1.61. The van der Waals surface area contributed by atoms with Gasteiger partial charge in [0, 0.05) is 23.8 Å². The highest BCUT2D eigenvalue weighted by Crippen LogP contribution is 2.20. The molecule has 16 heavy (non-hydrogen) atoms. The van der Waals surface area contributed by atoms with E-state index in [9.17, 15) is 0 Å². The molecule has 1 rings (SSSR count). The molecule has 0 aliphatic heterocycles. The van der Waals surface area contributed by atoms with Crippen LogP contribution in [0, 0.1) is 6.92 Å². The van der Waals surface area contributed by atoms with E-state index in [-0.39, 0.29) is 5.60 Å².